The lowest BCUT2D eigenvalue weighted by molar-refractivity contribution is -0.124. The second-order valence-electron chi connectivity index (χ2n) is 7.80. The number of Topliss-reactive ketones (excluding diaryl/α,β-unsaturated/α-hetero) is 1. The lowest BCUT2D eigenvalue weighted by atomic mass is 9.69. The zero-order valence-corrected chi connectivity index (χ0v) is 18.8. The van der Waals surface area contributed by atoms with Gasteiger partial charge >= 0.3 is 0 Å². The first-order valence-electron chi connectivity index (χ1n) is 10.4. The van der Waals surface area contributed by atoms with E-state index < -0.39 is 0 Å². The molecule has 3 rings (SSSR count). The van der Waals surface area contributed by atoms with Gasteiger partial charge in [-0.25, -0.2) is 0 Å². The van der Waals surface area contributed by atoms with Crippen LogP contribution >= 0.6 is 11.6 Å². The van der Waals surface area contributed by atoms with Crippen molar-refractivity contribution in [2.45, 2.75) is 78.2 Å². The van der Waals surface area contributed by atoms with Crippen molar-refractivity contribution in [3.63, 3.8) is 0 Å². The van der Waals surface area contributed by atoms with Crippen molar-refractivity contribution in [1.29, 1.82) is 0 Å². The van der Waals surface area contributed by atoms with Crippen LogP contribution in [0.1, 0.15) is 70.9 Å². The second-order valence-corrected chi connectivity index (χ2v) is 8.24. The Morgan fingerprint density at radius 2 is 1.81 bits per heavy atom. The molecule has 0 aromatic heterocycles. The molecule has 1 saturated carbocycles. The minimum atomic E-state index is -0.332. The third kappa shape index (κ3) is 6.30. The van der Waals surface area contributed by atoms with Gasteiger partial charge in [0.05, 0.1) is 11.5 Å². The van der Waals surface area contributed by atoms with Crippen molar-refractivity contribution < 1.29 is 9.90 Å². The summed E-state index contributed by atoms with van der Waals surface area (Å²) in [4.78, 5) is 14.5. The smallest absolute Gasteiger partial charge is 0.140 e. The number of benzene rings is 1. The fourth-order valence-corrected chi connectivity index (χ4v) is 4.13. The molecule has 3 nitrogen and oxygen atoms in total. The summed E-state index contributed by atoms with van der Waals surface area (Å²) >= 11 is 6.11. The van der Waals surface area contributed by atoms with Gasteiger partial charge in [-0.3, -0.25) is 4.79 Å². The van der Waals surface area contributed by atoms with E-state index in [0.29, 0.717) is 0 Å². The van der Waals surface area contributed by atoms with Crippen molar-refractivity contribution in [2.75, 3.05) is 20.1 Å². The number of hydrogen-bond acceptors (Lipinski definition) is 3. The Kier molecular flexibility index (Phi) is 10.0. The van der Waals surface area contributed by atoms with Crippen LogP contribution in [-0.4, -0.2) is 42.0 Å². The van der Waals surface area contributed by atoms with E-state index in [0.717, 1.165) is 55.3 Å². The van der Waals surface area contributed by atoms with Crippen molar-refractivity contribution in [3.05, 3.63) is 34.3 Å². The highest BCUT2D eigenvalue weighted by Crippen LogP contribution is 2.39. The maximum Gasteiger partial charge on any atom is 0.140 e. The molecule has 0 unspecified atom stereocenters. The van der Waals surface area contributed by atoms with E-state index in [2.05, 4.69) is 25.8 Å². The first-order valence-corrected chi connectivity index (χ1v) is 10.8. The number of hydrogen-bond donors (Lipinski definition) is 1. The SMILES string of the molecule is CC.CC(=O)C1(c2cc(Cl)ccc2C)CCN(C)CC1.CCC1CC(O)C1. The minimum Gasteiger partial charge on any atom is -0.393 e. The molecule has 0 amide bonds. The molecule has 0 spiro atoms. The Bertz CT molecular complexity index is 588. The zero-order chi connectivity index (χ0) is 20.6. The Morgan fingerprint density at radius 1 is 1.26 bits per heavy atom. The highest BCUT2D eigenvalue weighted by atomic mass is 35.5. The number of aliphatic hydroxyl groups is 1. The molecule has 2 fully saturated rings. The highest BCUT2D eigenvalue weighted by molar-refractivity contribution is 6.30. The van der Waals surface area contributed by atoms with E-state index in [1.54, 1.807) is 6.92 Å². The van der Waals surface area contributed by atoms with Crippen molar-refractivity contribution >= 4 is 17.4 Å². The maximum absolute atomic E-state index is 12.2. The lowest BCUT2D eigenvalue weighted by Gasteiger charge is -2.40. The third-order valence-corrected chi connectivity index (χ3v) is 6.25. The summed E-state index contributed by atoms with van der Waals surface area (Å²) in [6.07, 6.45) is 5.18. The van der Waals surface area contributed by atoms with Gasteiger partial charge in [-0.2, -0.15) is 0 Å². The molecule has 1 aromatic carbocycles. The number of ketones is 1. The monoisotopic (exact) mass is 395 g/mol. The van der Waals surface area contributed by atoms with Crippen LogP contribution in [0, 0.1) is 12.8 Å². The quantitative estimate of drug-likeness (QED) is 0.745. The Labute approximate surface area is 171 Å². The molecule has 27 heavy (non-hydrogen) atoms. The summed E-state index contributed by atoms with van der Waals surface area (Å²) in [5, 5.41) is 9.47. The van der Waals surface area contributed by atoms with Gasteiger partial charge in [0.25, 0.3) is 0 Å². The predicted octanol–water partition coefficient (Wildman–Crippen LogP) is 5.39. The molecule has 1 aromatic rings. The Hall–Kier alpha value is -0.900. The number of carbonyl (C=O) groups excluding carboxylic acids is 1. The van der Waals surface area contributed by atoms with Crippen LogP contribution in [0.3, 0.4) is 0 Å². The van der Waals surface area contributed by atoms with Crippen LogP contribution in [0.15, 0.2) is 18.2 Å². The number of likely N-dealkylation sites (tertiary alicyclic amines) is 1. The normalized spacial score (nSPS) is 23.9. The second kappa shape index (κ2) is 11.2. The first kappa shape index (κ1) is 24.1. The van der Waals surface area contributed by atoms with Gasteiger partial charge in [0.15, 0.2) is 0 Å². The Balaban J connectivity index is 0.000000338. The summed E-state index contributed by atoms with van der Waals surface area (Å²) in [7, 11) is 2.11. The van der Waals surface area contributed by atoms with E-state index in [4.69, 9.17) is 16.7 Å². The number of aliphatic hydroxyl groups excluding tert-OH is 1. The Morgan fingerprint density at radius 3 is 2.22 bits per heavy atom. The van der Waals surface area contributed by atoms with Gasteiger partial charge in [0.2, 0.25) is 0 Å². The number of aryl methyl sites for hydroxylation is 1. The number of halogens is 1. The molecule has 1 N–H and O–H groups in total. The van der Waals surface area contributed by atoms with Gasteiger partial charge in [0, 0.05) is 5.02 Å². The summed E-state index contributed by atoms with van der Waals surface area (Å²) in [6.45, 7) is 11.9. The molecule has 154 valence electrons. The van der Waals surface area contributed by atoms with Crippen LogP contribution in [0.5, 0.6) is 0 Å². The minimum absolute atomic E-state index is 0.0462. The zero-order valence-electron chi connectivity index (χ0n) is 18.0. The molecule has 1 heterocycles. The average Bonchev–Trinajstić information content (AvgIpc) is 2.64. The molecule has 4 heteroatoms. The van der Waals surface area contributed by atoms with Crippen LogP contribution in [0.25, 0.3) is 0 Å². The molecule has 0 atom stereocenters. The highest BCUT2D eigenvalue weighted by Gasteiger charge is 2.40. The summed E-state index contributed by atoms with van der Waals surface area (Å²) in [5.74, 6) is 1.11. The maximum atomic E-state index is 12.2. The molecule has 1 aliphatic heterocycles. The van der Waals surface area contributed by atoms with E-state index in [-0.39, 0.29) is 17.3 Å². The predicted molar refractivity (Wildman–Crippen MR) is 116 cm³/mol. The van der Waals surface area contributed by atoms with E-state index in [1.807, 2.05) is 32.0 Å². The van der Waals surface area contributed by atoms with Crippen LogP contribution < -0.4 is 0 Å². The standard InChI is InChI=1S/C15H20ClNO.C6H12O.C2H6/c1-11-4-5-13(16)10-14(11)15(12(2)18)6-8-17(3)9-7-15;1-2-5-3-6(7)4-5;1-2/h4-5,10H,6-9H2,1-3H3;5-7H,2-4H2,1H3;1-2H3. The van der Waals surface area contributed by atoms with Crippen LogP contribution in [0.2, 0.25) is 5.02 Å². The largest absolute Gasteiger partial charge is 0.393 e. The third-order valence-electron chi connectivity index (χ3n) is 6.02. The number of rotatable bonds is 3. The molecular formula is C23H38ClNO2. The molecule has 0 radical (unpaired) electrons. The fraction of sp³-hybridized carbons (Fsp3) is 0.696. The van der Waals surface area contributed by atoms with Crippen LogP contribution in [0.4, 0.5) is 0 Å². The summed E-state index contributed by atoms with van der Waals surface area (Å²) < 4.78 is 0. The fourth-order valence-electron chi connectivity index (χ4n) is 3.95. The molecular weight excluding hydrogens is 358 g/mol. The van der Waals surface area contributed by atoms with Gasteiger partial charge < -0.3 is 10.0 Å². The van der Waals surface area contributed by atoms with Crippen molar-refractivity contribution in [3.8, 4) is 0 Å². The number of nitrogens with zero attached hydrogens (tertiary/aromatic N) is 1. The lowest BCUT2D eigenvalue weighted by Crippen LogP contribution is -2.45. The average molecular weight is 396 g/mol. The topological polar surface area (TPSA) is 40.5 Å². The first-order chi connectivity index (χ1) is 12.8. The van der Waals surface area contributed by atoms with Crippen molar-refractivity contribution in [1.82, 2.24) is 4.90 Å². The number of carbonyl (C=O) groups is 1. The van der Waals surface area contributed by atoms with E-state index in [9.17, 15) is 4.79 Å². The van der Waals surface area contributed by atoms with E-state index >= 15 is 0 Å². The van der Waals surface area contributed by atoms with E-state index in [1.165, 1.54) is 12.0 Å². The van der Waals surface area contributed by atoms with Gasteiger partial charge in [-0.1, -0.05) is 44.9 Å². The van der Waals surface area contributed by atoms with Gasteiger partial charge in [-0.05, 0) is 88.8 Å². The van der Waals surface area contributed by atoms with Crippen LogP contribution in [-0.2, 0) is 10.2 Å². The van der Waals surface area contributed by atoms with Gasteiger partial charge in [-0.15, -0.1) is 0 Å². The molecule has 0 bridgehead atoms. The molecule has 2 aliphatic rings. The summed E-state index contributed by atoms with van der Waals surface area (Å²) in [5.41, 5.74) is 1.95. The molecule has 1 saturated heterocycles. The van der Waals surface area contributed by atoms with Crippen molar-refractivity contribution in [2.24, 2.45) is 5.92 Å². The molecule has 1 aliphatic carbocycles. The van der Waals surface area contributed by atoms with Gasteiger partial charge in [0.1, 0.15) is 5.78 Å². The number of piperidine rings is 1. The summed E-state index contributed by atoms with van der Waals surface area (Å²) in [6, 6.07) is 5.88.